The fourth-order valence-corrected chi connectivity index (χ4v) is 1.99. The van der Waals surface area contributed by atoms with Gasteiger partial charge >= 0.3 is 0 Å². The van der Waals surface area contributed by atoms with Gasteiger partial charge in [0.2, 0.25) is 0 Å². The Hall–Kier alpha value is -1.09. The zero-order chi connectivity index (χ0) is 10.5. The Balaban J connectivity index is 1.73. The quantitative estimate of drug-likeness (QED) is 0.758. The number of aromatic nitrogens is 2. The van der Waals surface area contributed by atoms with E-state index in [2.05, 4.69) is 27.0 Å². The summed E-state index contributed by atoms with van der Waals surface area (Å²) in [7, 11) is 2.04. The van der Waals surface area contributed by atoms with E-state index in [1.54, 1.807) is 0 Å². The van der Waals surface area contributed by atoms with Gasteiger partial charge in [-0.3, -0.25) is 0 Å². The largest absolute Gasteiger partial charge is 0.338 e. The number of hydrogen-bond acceptors (Lipinski definition) is 2. The van der Waals surface area contributed by atoms with Gasteiger partial charge in [0, 0.05) is 38.4 Å². The highest BCUT2D eigenvalue weighted by Gasteiger charge is 2.07. The van der Waals surface area contributed by atoms with Crippen LogP contribution in [0.3, 0.4) is 0 Å². The third-order valence-corrected chi connectivity index (χ3v) is 2.93. The van der Waals surface area contributed by atoms with Crippen molar-refractivity contribution in [1.29, 1.82) is 0 Å². The fraction of sp³-hybridized carbons (Fsp3) is 0.583. The predicted molar refractivity (Wildman–Crippen MR) is 61.7 cm³/mol. The molecule has 1 aromatic rings. The summed E-state index contributed by atoms with van der Waals surface area (Å²) in [5.74, 6) is 1.15. The summed E-state index contributed by atoms with van der Waals surface area (Å²) >= 11 is 0. The van der Waals surface area contributed by atoms with E-state index in [-0.39, 0.29) is 0 Å². The van der Waals surface area contributed by atoms with Crippen molar-refractivity contribution < 1.29 is 0 Å². The van der Waals surface area contributed by atoms with Gasteiger partial charge in [0.25, 0.3) is 0 Å². The lowest BCUT2D eigenvalue weighted by Gasteiger charge is -2.17. The molecule has 0 amide bonds. The molecule has 0 bridgehead atoms. The maximum absolute atomic E-state index is 4.30. The van der Waals surface area contributed by atoms with Gasteiger partial charge in [-0.1, -0.05) is 12.2 Å². The van der Waals surface area contributed by atoms with Crippen LogP contribution in [-0.4, -0.2) is 22.1 Å². The number of imidazole rings is 1. The number of aryl methyl sites for hydroxylation is 1. The number of nitrogens with one attached hydrogen (secondary N) is 1. The van der Waals surface area contributed by atoms with E-state index in [9.17, 15) is 0 Å². The highest BCUT2D eigenvalue weighted by Crippen LogP contribution is 2.09. The van der Waals surface area contributed by atoms with Gasteiger partial charge in [-0.25, -0.2) is 4.98 Å². The van der Waals surface area contributed by atoms with Crippen molar-refractivity contribution >= 4 is 0 Å². The van der Waals surface area contributed by atoms with Crippen molar-refractivity contribution in [1.82, 2.24) is 14.9 Å². The number of rotatable bonds is 4. The summed E-state index contributed by atoms with van der Waals surface area (Å²) in [6.45, 7) is 1.01. The molecule has 0 spiro atoms. The van der Waals surface area contributed by atoms with Crippen LogP contribution in [-0.2, 0) is 13.5 Å². The third-order valence-electron chi connectivity index (χ3n) is 2.93. The van der Waals surface area contributed by atoms with Gasteiger partial charge in [-0.15, -0.1) is 0 Å². The van der Waals surface area contributed by atoms with Gasteiger partial charge in [-0.2, -0.15) is 0 Å². The topological polar surface area (TPSA) is 29.9 Å². The van der Waals surface area contributed by atoms with Crippen LogP contribution in [0.15, 0.2) is 24.5 Å². The van der Waals surface area contributed by atoms with Gasteiger partial charge in [0.15, 0.2) is 0 Å². The molecule has 1 unspecified atom stereocenters. The van der Waals surface area contributed by atoms with E-state index in [1.807, 2.05) is 19.4 Å². The van der Waals surface area contributed by atoms with Crippen LogP contribution < -0.4 is 5.32 Å². The van der Waals surface area contributed by atoms with Crippen LogP contribution >= 0.6 is 0 Å². The molecular formula is C12H19N3. The Morgan fingerprint density at radius 1 is 1.60 bits per heavy atom. The molecule has 2 rings (SSSR count). The molecule has 0 fully saturated rings. The van der Waals surface area contributed by atoms with Gasteiger partial charge in [0.05, 0.1) is 0 Å². The van der Waals surface area contributed by atoms with Crippen LogP contribution in [0.5, 0.6) is 0 Å². The van der Waals surface area contributed by atoms with Crippen molar-refractivity contribution in [2.24, 2.45) is 7.05 Å². The third kappa shape index (κ3) is 2.93. The van der Waals surface area contributed by atoms with Crippen LogP contribution in [0.25, 0.3) is 0 Å². The molecule has 82 valence electrons. The summed E-state index contributed by atoms with van der Waals surface area (Å²) in [6.07, 6.45) is 13.3. The molecule has 0 saturated heterocycles. The van der Waals surface area contributed by atoms with Crippen molar-refractivity contribution in [3.05, 3.63) is 30.4 Å². The van der Waals surface area contributed by atoms with Crippen LogP contribution in [0.1, 0.15) is 25.1 Å². The first kappa shape index (κ1) is 10.4. The summed E-state index contributed by atoms with van der Waals surface area (Å²) in [6, 6.07) is 0.582. The maximum Gasteiger partial charge on any atom is 0.109 e. The second-order valence-electron chi connectivity index (χ2n) is 4.12. The molecule has 1 aliphatic carbocycles. The Kier molecular flexibility index (Phi) is 3.56. The summed E-state index contributed by atoms with van der Waals surface area (Å²) < 4.78 is 2.08. The van der Waals surface area contributed by atoms with E-state index in [0.717, 1.165) is 18.8 Å². The normalized spacial score (nSPS) is 20.7. The molecule has 0 aromatic carbocycles. The van der Waals surface area contributed by atoms with Gasteiger partial charge < -0.3 is 9.88 Å². The first-order valence-corrected chi connectivity index (χ1v) is 5.72. The lowest BCUT2D eigenvalue weighted by molar-refractivity contribution is 0.519. The number of nitrogens with zero attached hydrogens (tertiary/aromatic N) is 2. The minimum absolute atomic E-state index is 0.582. The lowest BCUT2D eigenvalue weighted by Crippen LogP contribution is -2.30. The first-order chi connectivity index (χ1) is 7.36. The van der Waals surface area contributed by atoms with E-state index in [1.165, 1.54) is 19.3 Å². The molecule has 15 heavy (non-hydrogen) atoms. The van der Waals surface area contributed by atoms with Crippen molar-refractivity contribution in [3.8, 4) is 0 Å². The van der Waals surface area contributed by atoms with E-state index < -0.39 is 0 Å². The average Bonchev–Trinajstić information content (AvgIpc) is 2.66. The predicted octanol–water partition coefficient (Wildman–Crippen LogP) is 1.66. The Morgan fingerprint density at radius 3 is 3.20 bits per heavy atom. The highest BCUT2D eigenvalue weighted by atomic mass is 15.0. The van der Waals surface area contributed by atoms with Crippen LogP contribution in [0.4, 0.5) is 0 Å². The SMILES string of the molecule is Cn1ccnc1CCNC1C=CCCC1. The second kappa shape index (κ2) is 5.12. The minimum atomic E-state index is 0.582. The van der Waals surface area contributed by atoms with Crippen molar-refractivity contribution in [2.45, 2.75) is 31.7 Å². The number of allylic oxidation sites excluding steroid dienone is 1. The molecule has 3 heteroatoms. The smallest absolute Gasteiger partial charge is 0.109 e. The Bertz CT molecular complexity index is 327. The average molecular weight is 205 g/mol. The molecule has 0 saturated carbocycles. The lowest BCUT2D eigenvalue weighted by atomic mass is 10.0. The van der Waals surface area contributed by atoms with Gasteiger partial charge in [0.1, 0.15) is 5.82 Å². The van der Waals surface area contributed by atoms with E-state index >= 15 is 0 Å². The molecule has 1 N–H and O–H groups in total. The fourth-order valence-electron chi connectivity index (χ4n) is 1.99. The van der Waals surface area contributed by atoms with Crippen LogP contribution in [0.2, 0.25) is 0 Å². The van der Waals surface area contributed by atoms with Crippen molar-refractivity contribution in [3.63, 3.8) is 0 Å². The Morgan fingerprint density at radius 2 is 2.53 bits per heavy atom. The monoisotopic (exact) mass is 205 g/mol. The Labute approximate surface area is 91.2 Å². The molecular weight excluding hydrogens is 186 g/mol. The highest BCUT2D eigenvalue weighted by molar-refractivity contribution is 4.98. The molecule has 1 aromatic heterocycles. The van der Waals surface area contributed by atoms with Crippen LogP contribution in [0, 0.1) is 0 Å². The molecule has 1 aliphatic rings. The molecule has 1 heterocycles. The molecule has 3 nitrogen and oxygen atoms in total. The summed E-state index contributed by atoms with van der Waals surface area (Å²) in [4.78, 5) is 4.30. The maximum atomic E-state index is 4.30. The number of hydrogen-bond donors (Lipinski definition) is 1. The summed E-state index contributed by atoms with van der Waals surface area (Å²) in [5.41, 5.74) is 0. The first-order valence-electron chi connectivity index (χ1n) is 5.72. The minimum Gasteiger partial charge on any atom is -0.338 e. The molecule has 0 aliphatic heterocycles. The van der Waals surface area contributed by atoms with E-state index in [4.69, 9.17) is 0 Å². The molecule has 0 radical (unpaired) electrons. The zero-order valence-corrected chi connectivity index (χ0v) is 9.32. The zero-order valence-electron chi connectivity index (χ0n) is 9.32. The summed E-state index contributed by atoms with van der Waals surface area (Å²) in [5, 5.41) is 3.55. The van der Waals surface area contributed by atoms with Gasteiger partial charge in [-0.05, 0) is 19.3 Å². The molecule has 1 atom stereocenters. The van der Waals surface area contributed by atoms with Crippen molar-refractivity contribution in [2.75, 3.05) is 6.54 Å². The second-order valence-corrected chi connectivity index (χ2v) is 4.12. The standard InChI is InChI=1S/C12H19N3/c1-15-10-9-14-12(15)7-8-13-11-5-3-2-4-6-11/h3,5,9-11,13H,2,4,6-8H2,1H3. The van der Waals surface area contributed by atoms with E-state index in [0.29, 0.717) is 6.04 Å².